The second-order valence-corrected chi connectivity index (χ2v) is 5.90. The molecule has 25 heavy (non-hydrogen) atoms. The lowest BCUT2D eigenvalue weighted by Gasteiger charge is -2.19. The van der Waals surface area contributed by atoms with Crippen molar-refractivity contribution in [1.29, 1.82) is 0 Å². The number of aliphatic hydroxyl groups excluding tert-OH is 1. The van der Waals surface area contributed by atoms with Crippen molar-refractivity contribution < 1.29 is 14.7 Å². The molecule has 3 N–H and O–H groups in total. The third kappa shape index (κ3) is 6.14. The number of anilines is 1. The number of benzene rings is 2. The molecule has 132 valence electrons. The summed E-state index contributed by atoms with van der Waals surface area (Å²) in [4.78, 5) is 23.6. The number of amides is 1. The molecule has 0 aliphatic carbocycles. The molecule has 5 nitrogen and oxygen atoms in total. The van der Waals surface area contributed by atoms with Gasteiger partial charge in [-0.3, -0.25) is 9.59 Å². The summed E-state index contributed by atoms with van der Waals surface area (Å²) in [5.41, 5.74) is 2.25. The summed E-state index contributed by atoms with van der Waals surface area (Å²) in [6.45, 7) is 1.76. The molecule has 1 unspecified atom stereocenters. The highest BCUT2D eigenvalue weighted by molar-refractivity contribution is 5.97. The van der Waals surface area contributed by atoms with Crippen LogP contribution in [0, 0.1) is 0 Å². The Kier molecular flexibility index (Phi) is 7.32. The standard InChI is InChI=1S/C20H24N2O3/c1-15(24)17-9-5-10-18(13-17)22-20(25)14-21-19(11-6-12-23)16-7-3-2-4-8-16/h2-5,7-10,13,19,21,23H,6,11-12,14H2,1H3,(H,22,25). The van der Waals surface area contributed by atoms with Gasteiger partial charge in [0.2, 0.25) is 5.91 Å². The van der Waals surface area contributed by atoms with Crippen molar-refractivity contribution in [3.63, 3.8) is 0 Å². The molecule has 1 atom stereocenters. The number of ketones is 1. The second kappa shape index (κ2) is 9.71. The summed E-state index contributed by atoms with van der Waals surface area (Å²) >= 11 is 0. The van der Waals surface area contributed by atoms with Crippen molar-refractivity contribution in [2.75, 3.05) is 18.5 Å². The van der Waals surface area contributed by atoms with Gasteiger partial charge in [0.05, 0.1) is 6.54 Å². The van der Waals surface area contributed by atoms with Crippen molar-refractivity contribution in [2.45, 2.75) is 25.8 Å². The third-order valence-corrected chi connectivity index (χ3v) is 3.91. The molecule has 0 saturated heterocycles. The number of carbonyl (C=O) groups is 2. The first-order valence-corrected chi connectivity index (χ1v) is 8.40. The van der Waals surface area contributed by atoms with Crippen LogP contribution in [0.1, 0.15) is 41.7 Å². The summed E-state index contributed by atoms with van der Waals surface area (Å²) in [5, 5.41) is 15.1. The zero-order chi connectivity index (χ0) is 18.1. The number of nitrogens with one attached hydrogen (secondary N) is 2. The molecule has 0 saturated carbocycles. The largest absolute Gasteiger partial charge is 0.396 e. The summed E-state index contributed by atoms with van der Waals surface area (Å²) < 4.78 is 0. The lowest BCUT2D eigenvalue weighted by Crippen LogP contribution is -2.31. The second-order valence-electron chi connectivity index (χ2n) is 5.90. The molecule has 0 bridgehead atoms. The molecular weight excluding hydrogens is 316 g/mol. The number of carbonyl (C=O) groups excluding carboxylic acids is 2. The van der Waals surface area contributed by atoms with E-state index < -0.39 is 0 Å². The van der Waals surface area contributed by atoms with Gasteiger partial charge in [-0.25, -0.2) is 0 Å². The Morgan fingerprint density at radius 1 is 1.08 bits per heavy atom. The SMILES string of the molecule is CC(=O)c1cccc(NC(=O)CNC(CCCO)c2ccccc2)c1. The minimum Gasteiger partial charge on any atom is -0.396 e. The van der Waals surface area contributed by atoms with Crippen LogP contribution in [-0.2, 0) is 4.79 Å². The number of hydrogen-bond donors (Lipinski definition) is 3. The Bertz CT molecular complexity index is 701. The van der Waals surface area contributed by atoms with Crippen molar-refractivity contribution in [1.82, 2.24) is 5.32 Å². The van der Waals surface area contributed by atoms with E-state index in [1.807, 2.05) is 30.3 Å². The smallest absolute Gasteiger partial charge is 0.238 e. The summed E-state index contributed by atoms with van der Waals surface area (Å²) in [6, 6.07) is 16.7. The average Bonchev–Trinajstić information content (AvgIpc) is 2.62. The van der Waals surface area contributed by atoms with Gasteiger partial charge in [0.1, 0.15) is 0 Å². The molecule has 0 heterocycles. The molecule has 1 amide bonds. The summed E-state index contributed by atoms with van der Waals surface area (Å²) in [6.07, 6.45) is 1.41. The maximum absolute atomic E-state index is 12.2. The van der Waals surface area contributed by atoms with Gasteiger partial charge in [0, 0.05) is 23.9 Å². The molecule has 0 fully saturated rings. The lowest BCUT2D eigenvalue weighted by molar-refractivity contribution is -0.115. The van der Waals surface area contributed by atoms with Gasteiger partial charge in [0.25, 0.3) is 0 Å². The Hall–Kier alpha value is -2.50. The first-order valence-electron chi connectivity index (χ1n) is 8.40. The number of rotatable bonds is 9. The van der Waals surface area contributed by atoms with Gasteiger partial charge in [-0.15, -0.1) is 0 Å². The fraction of sp³-hybridized carbons (Fsp3) is 0.300. The third-order valence-electron chi connectivity index (χ3n) is 3.91. The highest BCUT2D eigenvalue weighted by atomic mass is 16.3. The van der Waals surface area contributed by atoms with E-state index in [4.69, 9.17) is 5.11 Å². The van der Waals surface area contributed by atoms with E-state index in [-0.39, 0.29) is 30.9 Å². The van der Waals surface area contributed by atoms with Crippen LogP contribution in [0.25, 0.3) is 0 Å². The zero-order valence-electron chi connectivity index (χ0n) is 14.4. The normalized spacial score (nSPS) is 11.8. The van der Waals surface area contributed by atoms with Gasteiger partial charge in [0.15, 0.2) is 5.78 Å². The molecule has 0 spiro atoms. The van der Waals surface area contributed by atoms with Crippen LogP contribution in [-0.4, -0.2) is 29.9 Å². The molecule has 2 aromatic rings. The van der Waals surface area contributed by atoms with Crippen LogP contribution in [0.15, 0.2) is 54.6 Å². The van der Waals surface area contributed by atoms with Gasteiger partial charge in [-0.2, -0.15) is 0 Å². The van der Waals surface area contributed by atoms with E-state index in [1.165, 1.54) is 6.92 Å². The van der Waals surface area contributed by atoms with Crippen LogP contribution >= 0.6 is 0 Å². The number of aliphatic hydroxyl groups is 1. The predicted molar refractivity (Wildman–Crippen MR) is 98.6 cm³/mol. The van der Waals surface area contributed by atoms with Gasteiger partial charge in [-0.1, -0.05) is 42.5 Å². The lowest BCUT2D eigenvalue weighted by atomic mass is 10.0. The van der Waals surface area contributed by atoms with Crippen molar-refractivity contribution >= 4 is 17.4 Å². The fourth-order valence-electron chi connectivity index (χ4n) is 2.60. The van der Waals surface area contributed by atoms with Crippen molar-refractivity contribution in [3.05, 3.63) is 65.7 Å². The summed E-state index contributed by atoms with van der Waals surface area (Å²) in [5.74, 6) is -0.215. The Morgan fingerprint density at radius 3 is 2.52 bits per heavy atom. The quantitative estimate of drug-likeness (QED) is 0.613. The van der Waals surface area contributed by atoms with Gasteiger partial charge < -0.3 is 15.7 Å². The monoisotopic (exact) mass is 340 g/mol. The van der Waals surface area contributed by atoms with Crippen molar-refractivity contribution in [2.24, 2.45) is 0 Å². The topological polar surface area (TPSA) is 78.4 Å². The Labute approximate surface area is 148 Å². The maximum atomic E-state index is 12.2. The zero-order valence-corrected chi connectivity index (χ0v) is 14.4. The van der Waals surface area contributed by atoms with E-state index in [0.717, 1.165) is 12.0 Å². The fourth-order valence-corrected chi connectivity index (χ4v) is 2.60. The minimum absolute atomic E-state index is 0.00246. The number of Topliss-reactive ketones (excluding diaryl/α,β-unsaturated/α-hetero) is 1. The molecule has 0 aromatic heterocycles. The Balaban J connectivity index is 1.94. The molecule has 2 aromatic carbocycles. The van der Waals surface area contributed by atoms with Crippen LogP contribution in [0.3, 0.4) is 0 Å². The van der Waals surface area contributed by atoms with Crippen LogP contribution in [0.4, 0.5) is 5.69 Å². The van der Waals surface area contributed by atoms with E-state index in [9.17, 15) is 9.59 Å². The highest BCUT2D eigenvalue weighted by Gasteiger charge is 2.12. The molecule has 0 aliphatic rings. The van der Waals surface area contributed by atoms with Crippen molar-refractivity contribution in [3.8, 4) is 0 Å². The molecule has 2 rings (SSSR count). The van der Waals surface area contributed by atoms with Gasteiger partial charge >= 0.3 is 0 Å². The molecule has 0 aliphatic heterocycles. The first-order chi connectivity index (χ1) is 12.1. The first kappa shape index (κ1) is 18.8. The van der Waals surface area contributed by atoms with E-state index in [1.54, 1.807) is 24.3 Å². The molecule has 5 heteroatoms. The van der Waals surface area contributed by atoms with Crippen LogP contribution < -0.4 is 10.6 Å². The van der Waals surface area contributed by atoms with E-state index in [2.05, 4.69) is 10.6 Å². The predicted octanol–water partition coefficient (Wildman–Crippen LogP) is 2.93. The molecular formula is C20H24N2O3. The Morgan fingerprint density at radius 2 is 1.84 bits per heavy atom. The number of hydrogen-bond acceptors (Lipinski definition) is 4. The van der Waals surface area contributed by atoms with Crippen LogP contribution in [0.2, 0.25) is 0 Å². The minimum atomic E-state index is -0.175. The van der Waals surface area contributed by atoms with E-state index >= 15 is 0 Å². The maximum Gasteiger partial charge on any atom is 0.238 e. The summed E-state index contributed by atoms with van der Waals surface area (Å²) in [7, 11) is 0. The molecule has 0 radical (unpaired) electrons. The van der Waals surface area contributed by atoms with E-state index in [0.29, 0.717) is 17.7 Å². The average molecular weight is 340 g/mol. The van der Waals surface area contributed by atoms with Gasteiger partial charge in [-0.05, 0) is 37.5 Å². The highest BCUT2D eigenvalue weighted by Crippen LogP contribution is 2.18. The van der Waals surface area contributed by atoms with Crippen LogP contribution in [0.5, 0.6) is 0 Å².